The second kappa shape index (κ2) is 9.18. The third-order valence-electron chi connectivity index (χ3n) is 6.28. The molecule has 182 valence electrons. The van der Waals surface area contributed by atoms with Crippen molar-refractivity contribution in [2.45, 2.75) is 39.8 Å². The van der Waals surface area contributed by atoms with Crippen LogP contribution >= 0.6 is 0 Å². The molecular formula is C25H28F2N8. The van der Waals surface area contributed by atoms with Gasteiger partial charge < -0.3 is 20.1 Å². The Morgan fingerprint density at radius 1 is 1.09 bits per heavy atom. The van der Waals surface area contributed by atoms with E-state index in [0.29, 0.717) is 28.8 Å². The molecule has 4 aromatic rings. The van der Waals surface area contributed by atoms with Gasteiger partial charge >= 0.3 is 0 Å². The summed E-state index contributed by atoms with van der Waals surface area (Å²) in [5.41, 5.74) is 2.21. The second-order valence-electron chi connectivity index (χ2n) is 9.11. The Bertz CT molecular complexity index is 1370. The normalized spacial score (nSPS) is 16.3. The van der Waals surface area contributed by atoms with E-state index in [2.05, 4.69) is 42.4 Å². The van der Waals surface area contributed by atoms with E-state index in [1.54, 1.807) is 12.3 Å². The molecule has 0 bridgehead atoms. The highest BCUT2D eigenvalue weighted by atomic mass is 19.1. The molecule has 0 radical (unpaired) electrons. The lowest BCUT2D eigenvalue weighted by Crippen LogP contribution is -2.49. The van der Waals surface area contributed by atoms with Crippen molar-refractivity contribution in [3.8, 4) is 11.3 Å². The molecule has 1 saturated heterocycles. The number of hydrogen-bond acceptors (Lipinski definition) is 7. The fourth-order valence-electron chi connectivity index (χ4n) is 4.66. The maximum Gasteiger partial charge on any atom is 0.229 e. The van der Waals surface area contributed by atoms with E-state index in [1.165, 1.54) is 6.07 Å². The Morgan fingerprint density at radius 3 is 2.63 bits per heavy atom. The van der Waals surface area contributed by atoms with Crippen molar-refractivity contribution in [3.63, 3.8) is 0 Å². The van der Waals surface area contributed by atoms with Gasteiger partial charge in [-0.25, -0.2) is 28.7 Å². The van der Waals surface area contributed by atoms with Crippen molar-refractivity contribution in [3.05, 3.63) is 54.1 Å². The van der Waals surface area contributed by atoms with Crippen LogP contribution < -0.4 is 15.5 Å². The average Bonchev–Trinajstić information content (AvgIpc) is 3.18. The SMILES string of the molecule is Cc1nc2c(F)cc(-c3nc(Nc4ccc(N5CCNC[C@@H]5C)cn4)ncc3F)cc2n1C(C)C. The molecule has 0 unspecified atom stereocenters. The lowest BCUT2D eigenvalue weighted by molar-refractivity contribution is 0.500. The van der Waals surface area contributed by atoms with Crippen LogP contribution in [0.1, 0.15) is 32.6 Å². The monoisotopic (exact) mass is 478 g/mol. The fourth-order valence-corrected chi connectivity index (χ4v) is 4.66. The van der Waals surface area contributed by atoms with Gasteiger partial charge in [-0.3, -0.25) is 0 Å². The molecule has 35 heavy (non-hydrogen) atoms. The summed E-state index contributed by atoms with van der Waals surface area (Å²) in [7, 11) is 0. The molecule has 0 aliphatic carbocycles. The minimum absolute atomic E-state index is 0.00345. The molecule has 1 aromatic carbocycles. The highest BCUT2D eigenvalue weighted by Gasteiger charge is 2.20. The summed E-state index contributed by atoms with van der Waals surface area (Å²) >= 11 is 0. The van der Waals surface area contributed by atoms with E-state index in [-0.39, 0.29) is 23.2 Å². The first-order chi connectivity index (χ1) is 16.8. The minimum Gasteiger partial charge on any atom is -0.365 e. The lowest BCUT2D eigenvalue weighted by atomic mass is 10.1. The number of rotatable bonds is 5. The predicted molar refractivity (Wildman–Crippen MR) is 133 cm³/mol. The van der Waals surface area contributed by atoms with Crippen LogP contribution in [-0.4, -0.2) is 50.2 Å². The van der Waals surface area contributed by atoms with E-state index in [4.69, 9.17) is 0 Å². The van der Waals surface area contributed by atoms with Crippen LogP contribution in [-0.2, 0) is 0 Å². The average molecular weight is 479 g/mol. The third-order valence-corrected chi connectivity index (χ3v) is 6.28. The molecule has 10 heteroatoms. The van der Waals surface area contributed by atoms with Gasteiger partial charge in [-0.2, -0.15) is 0 Å². The van der Waals surface area contributed by atoms with Crippen molar-refractivity contribution in [2.75, 3.05) is 29.9 Å². The largest absolute Gasteiger partial charge is 0.365 e. The number of imidazole rings is 1. The first-order valence-electron chi connectivity index (χ1n) is 11.7. The Balaban J connectivity index is 1.44. The zero-order chi connectivity index (χ0) is 24.7. The summed E-state index contributed by atoms with van der Waals surface area (Å²) in [5.74, 6) is 0.237. The maximum atomic E-state index is 14.9. The molecule has 1 aliphatic rings. The first kappa shape index (κ1) is 23.1. The zero-order valence-electron chi connectivity index (χ0n) is 20.2. The van der Waals surface area contributed by atoms with Crippen LogP contribution in [0.5, 0.6) is 0 Å². The molecule has 1 aliphatic heterocycles. The molecule has 4 heterocycles. The third kappa shape index (κ3) is 4.41. The molecule has 0 amide bonds. The zero-order valence-corrected chi connectivity index (χ0v) is 20.2. The van der Waals surface area contributed by atoms with Gasteiger partial charge in [-0.15, -0.1) is 0 Å². The topological polar surface area (TPSA) is 83.8 Å². The number of piperazine rings is 1. The van der Waals surface area contributed by atoms with Crippen molar-refractivity contribution in [2.24, 2.45) is 0 Å². The maximum absolute atomic E-state index is 14.9. The van der Waals surface area contributed by atoms with Crippen molar-refractivity contribution >= 4 is 28.5 Å². The van der Waals surface area contributed by atoms with Crippen molar-refractivity contribution in [1.29, 1.82) is 0 Å². The quantitative estimate of drug-likeness (QED) is 0.434. The standard InChI is InChI=1S/C25H28F2N8/c1-14(2)35-16(4)31-24-19(26)9-17(10-21(24)35)23-20(27)13-30-25(33-23)32-22-6-5-18(12-29-22)34-8-7-28-11-15(34)3/h5-6,9-10,12-15,28H,7-8,11H2,1-4H3,(H,29,30,32,33)/t15-/m0/s1. The Kier molecular flexibility index (Phi) is 6.06. The van der Waals surface area contributed by atoms with E-state index in [0.717, 1.165) is 31.5 Å². The lowest BCUT2D eigenvalue weighted by Gasteiger charge is -2.35. The van der Waals surface area contributed by atoms with Gasteiger partial charge in [0.05, 0.1) is 23.6 Å². The van der Waals surface area contributed by atoms with Crippen LogP contribution in [0.15, 0.2) is 36.7 Å². The van der Waals surface area contributed by atoms with Crippen LogP contribution in [0.3, 0.4) is 0 Å². The number of anilines is 3. The van der Waals surface area contributed by atoms with Crippen LogP contribution in [0.2, 0.25) is 0 Å². The summed E-state index contributed by atoms with van der Waals surface area (Å²) < 4.78 is 31.6. The summed E-state index contributed by atoms with van der Waals surface area (Å²) in [6.07, 6.45) is 2.88. The Hall–Kier alpha value is -3.66. The van der Waals surface area contributed by atoms with Gasteiger partial charge in [-0.1, -0.05) is 0 Å². The van der Waals surface area contributed by atoms with Gasteiger partial charge in [0.15, 0.2) is 11.6 Å². The fraction of sp³-hybridized carbons (Fsp3) is 0.360. The summed E-state index contributed by atoms with van der Waals surface area (Å²) in [6, 6.07) is 7.25. The number of aryl methyl sites for hydroxylation is 1. The molecule has 1 fully saturated rings. The van der Waals surface area contributed by atoms with Gasteiger partial charge in [0.25, 0.3) is 0 Å². The number of halogens is 2. The van der Waals surface area contributed by atoms with E-state index < -0.39 is 11.6 Å². The number of hydrogen-bond donors (Lipinski definition) is 2. The van der Waals surface area contributed by atoms with E-state index >= 15 is 0 Å². The molecule has 5 rings (SSSR count). The van der Waals surface area contributed by atoms with Crippen LogP contribution in [0.25, 0.3) is 22.3 Å². The minimum atomic E-state index is -0.641. The van der Waals surface area contributed by atoms with E-state index in [1.807, 2.05) is 37.5 Å². The van der Waals surface area contributed by atoms with Crippen molar-refractivity contribution in [1.82, 2.24) is 29.8 Å². The molecule has 0 saturated carbocycles. The Morgan fingerprint density at radius 2 is 1.91 bits per heavy atom. The predicted octanol–water partition coefficient (Wildman–Crippen LogP) is 4.60. The molecule has 1 atom stereocenters. The summed E-state index contributed by atoms with van der Waals surface area (Å²) in [4.78, 5) is 19.5. The van der Waals surface area contributed by atoms with Gasteiger partial charge in [0.1, 0.15) is 22.9 Å². The number of nitrogens with zero attached hydrogens (tertiary/aromatic N) is 6. The highest BCUT2D eigenvalue weighted by Crippen LogP contribution is 2.30. The number of nitrogens with one attached hydrogen (secondary N) is 2. The van der Waals surface area contributed by atoms with Gasteiger partial charge in [0, 0.05) is 37.3 Å². The number of fused-ring (bicyclic) bond motifs is 1. The molecular weight excluding hydrogens is 450 g/mol. The molecule has 2 N–H and O–H groups in total. The highest BCUT2D eigenvalue weighted by molar-refractivity contribution is 5.83. The molecule has 3 aromatic heterocycles. The summed E-state index contributed by atoms with van der Waals surface area (Å²) in [5, 5.41) is 6.40. The number of aromatic nitrogens is 5. The number of pyridine rings is 1. The van der Waals surface area contributed by atoms with Gasteiger partial charge in [-0.05, 0) is 52.0 Å². The smallest absolute Gasteiger partial charge is 0.229 e. The van der Waals surface area contributed by atoms with Crippen LogP contribution in [0.4, 0.5) is 26.2 Å². The molecule has 0 spiro atoms. The Labute approximate surface area is 202 Å². The number of benzene rings is 1. The van der Waals surface area contributed by atoms with E-state index in [9.17, 15) is 8.78 Å². The molecule has 8 nitrogen and oxygen atoms in total. The second-order valence-corrected chi connectivity index (χ2v) is 9.11. The van der Waals surface area contributed by atoms with Gasteiger partial charge in [0.2, 0.25) is 5.95 Å². The summed E-state index contributed by atoms with van der Waals surface area (Å²) in [6.45, 7) is 10.8. The first-order valence-corrected chi connectivity index (χ1v) is 11.7. The van der Waals surface area contributed by atoms with Crippen molar-refractivity contribution < 1.29 is 8.78 Å². The van der Waals surface area contributed by atoms with Crippen LogP contribution in [0, 0.1) is 18.6 Å².